The number of fused-ring (bicyclic) bond motifs is 1. The van der Waals surface area contributed by atoms with Crippen LogP contribution in [0.25, 0.3) is 11.2 Å². The number of carbonyl (C=O) groups excluding carboxylic acids is 1. The van der Waals surface area contributed by atoms with Crippen LogP contribution in [0.1, 0.15) is 17.7 Å². The highest BCUT2D eigenvalue weighted by atomic mass is 35.5. The zero-order valence-corrected chi connectivity index (χ0v) is 19.9. The number of carbonyl (C=O) groups is 1. The van der Waals surface area contributed by atoms with Gasteiger partial charge >= 0.3 is 5.69 Å². The summed E-state index contributed by atoms with van der Waals surface area (Å²) in [6.45, 7) is 0.284. The van der Waals surface area contributed by atoms with Crippen LogP contribution in [0.4, 0.5) is 11.8 Å². The van der Waals surface area contributed by atoms with Gasteiger partial charge in [-0.15, -0.1) is 0 Å². The van der Waals surface area contributed by atoms with E-state index in [-0.39, 0.29) is 24.1 Å². The number of imidazole rings is 1. The van der Waals surface area contributed by atoms with Gasteiger partial charge in [-0.05, 0) is 36.2 Å². The first-order valence-corrected chi connectivity index (χ1v) is 11.0. The van der Waals surface area contributed by atoms with E-state index in [2.05, 4.69) is 15.0 Å². The predicted octanol–water partition coefficient (Wildman–Crippen LogP) is 2.42. The Kier molecular flexibility index (Phi) is 6.45. The number of aromatic nitrogens is 5. The molecule has 0 atom stereocenters. The van der Waals surface area contributed by atoms with Gasteiger partial charge in [0.15, 0.2) is 11.2 Å². The summed E-state index contributed by atoms with van der Waals surface area (Å²) in [4.78, 5) is 49.3. The van der Waals surface area contributed by atoms with E-state index in [1.54, 1.807) is 40.8 Å². The Morgan fingerprint density at radius 1 is 1.09 bits per heavy atom. The van der Waals surface area contributed by atoms with Crippen LogP contribution in [-0.2, 0) is 31.9 Å². The highest BCUT2D eigenvalue weighted by Gasteiger charge is 2.22. The molecule has 4 aromatic rings. The van der Waals surface area contributed by atoms with E-state index in [1.807, 2.05) is 12.1 Å². The smallest absolute Gasteiger partial charge is 0.329 e. The standard InChI is InChI=1S/C22H21Cl2N7O3/c1-29-18-19(30(2)22(34)28-20(18)33)27-21(29)31(11-12-6-8-14(23)15(24)10-12)17-5-3-4-13(26-17)7-9-16(25)32/h3-6,8,10H,7,9,11H2,1-2H3,(H2,25,32)(H,28,33,34). The maximum Gasteiger partial charge on any atom is 0.329 e. The highest BCUT2D eigenvalue weighted by Crippen LogP contribution is 2.29. The first kappa shape index (κ1) is 23.5. The minimum absolute atomic E-state index is 0.160. The lowest BCUT2D eigenvalue weighted by molar-refractivity contribution is -0.118. The summed E-state index contributed by atoms with van der Waals surface area (Å²) in [5.41, 5.74) is 6.13. The number of aryl methyl sites for hydroxylation is 3. The summed E-state index contributed by atoms with van der Waals surface area (Å²) < 4.78 is 2.87. The third-order valence-corrected chi connectivity index (χ3v) is 6.11. The average molecular weight is 502 g/mol. The molecule has 0 saturated carbocycles. The molecule has 0 spiro atoms. The number of halogens is 2. The van der Waals surface area contributed by atoms with Crippen molar-refractivity contribution in [2.75, 3.05) is 4.90 Å². The van der Waals surface area contributed by atoms with Crippen LogP contribution in [-0.4, -0.2) is 30.0 Å². The number of primary amides is 1. The number of benzene rings is 1. The number of hydrogen-bond acceptors (Lipinski definition) is 6. The summed E-state index contributed by atoms with van der Waals surface area (Å²) in [6, 6.07) is 10.6. The van der Waals surface area contributed by atoms with Gasteiger partial charge in [0.25, 0.3) is 5.56 Å². The molecule has 3 N–H and O–H groups in total. The molecule has 3 heterocycles. The lowest BCUT2D eigenvalue weighted by Crippen LogP contribution is -2.29. The number of aromatic amines is 1. The van der Waals surface area contributed by atoms with Crippen molar-refractivity contribution in [3.05, 3.63) is 78.5 Å². The largest absolute Gasteiger partial charge is 0.370 e. The van der Waals surface area contributed by atoms with Crippen molar-refractivity contribution in [2.45, 2.75) is 19.4 Å². The van der Waals surface area contributed by atoms with Crippen LogP contribution in [0.5, 0.6) is 0 Å². The molecule has 1 amide bonds. The van der Waals surface area contributed by atoms with Crippen molar-refractivity contribution < 1.29 is 4.79 Å². The topological polar surface area (TPSA) is 132 Å². The zero-order chi connectivity index (χ0) is 24.6. The second kappa shape index (κ2) is 9.32. The van der Waals surface area contributed by atoms with Gasteiger partial charge in [0.2, 0.25) is 11.9 Å². The predicted molar refractivity (Wildman–Crippen MR) is 131 cm³/mol. The van der Waals surface area contributed by atoms with Gasteiger partial charge in [-0.1, -0.05) is 35.3 Å². The van der Waals surface area contributed by atoms with Gasteiger partial charge in [-0.2, -0.15) is 4.98 Å². The van der Waals surface area contributed by atoms with Gasteiger partial charge < -0.3 is 10.3 Å². The molecule has 0 fully saturated rings. The normalized spacial score (nSPS) is 11.2. The maximum absolute atomic E-state index is 12.5. The molecular weight excluding hydrogens is 481 g/mol. The fourth-order valence-corrected chi connectivity index (χ4v) is 3.94. The van der Waals surface area contributed by atoms with Crippen molar-refractivity contribution >= 4 is 52.0 Å². The van der Waals surface area contributed by atoms with Gasteiger partial charge in [0.05, 0.1) is 16.6 Å². The molecule has 0 aliphatic carbocycles. The summed E-state index contributed by atoms with van der Waals surface area (Å²) in [7, 11) is 3.21. The number of nitrogens with zero attached hydrogens (tertiary/aromatic N) is 5. The first-order chi connectivity index (χ1) is 16.2. The van der Waals surface area contributed by atoms with Crippen molar-refractivity contribution in [3.63, 3.8) is 0 Å². The number of H-pyrrole nitrogens is 1. The number of anilines is 2. The van der Waals surface area contributed by atoms with Gasteiger partial charge in [0.1, 0.15) is 5.82 Å². The monoisotopic (exact) mass is 501 g/mol. The molecular formula is C22H21Cl2N7O3. The number of nitrogens with two attached hydrogens (primary N) is 1. The van der Waals surface area contributed by atoms with Crippen LogP contribution in [0, 0.1) is 0 Å². The minimum atomic E-state index is -0.565. The number of hydrogen-bond donors (Lipinski definition) is 2. The molecule has 0 unspecified atom stereocenters. The zero-order valence-electron chi connectivity index (χ0n) is 18.4. The lowest BCUT2D eigenvalue weighted by atomic mass is 10.2. The van der Waals surface area contributed by atoms with Gasteiger partial charge in [0, 0.05) is 26.2 Å². The van der Waals surface area contributed by atoms with Crippen LogP contribution in [0.3, 0.4) is 0 Å². The molecule has 10 nitrogen and oxygen atoms in total. The number of pyridine rings is 1. The van der Waals surface area contributed by atoms with E-state index in [0.29, 0.717) is 33.9 Å². The first-order valence-electron chi connectivity index (χ1n) is 10.3. The van der Waals surface area contributed by atoms with E-state index in [9.17, 15) is 14.4 Å². The Hall–Kier alpha value is -3.63. The molecule has 1 aromatic carbocycles. The molecule has 176 valence electrons. The molecule has 34 heavy (non-hydrogen) atoms. The Labute approximate surface area is 203 Å². The second-order valence-corrected chi connectivity index (χ2v) is 8.56. The van der Waals surface area contributed by atoms with Crippen molar-refractivity contribution in [1.29, 1.82) is 0 Å². The fraction of sp³-hybridized carbons (Fsp3) is 0.227. The third kappa shape index (κ3) is 4.55. The van der Waals surface area contributed by atoms with Crippen LogP contribution in [0.2, 0.25) is 10.0 Å². The third-order valence-electron chi connectivity index (χ3n) is 5.37. The summed E-state index contributed by atoms with van der Waals surface area (Å²) >= 11 is 12.3. The number of rotatable bonds is 7. The van der Waals surface area contributed by atoms with Crippen molar-refractivity contribution in [2.24, 2.45) is 19.8 Å². The van der Waals surface area contributed by atoms with E-state index in [1.165, 1.54) is 11.6 Å². The quantitative estimate of drug-likeness (QED) is 0.399. The van der Waals surface area contributed by atoms with Crippen LogP contribution >= 0.6 is 23.2 Å². The highest BCUT2D eigenvalue weighted by molar-refractivity contribution is 6.42. The molecule has 12 heteroatoms. The molecule has 0 radical (unpaired) electrons. The van der Waals surface area contributed by atoms with E-state index < -0.39 is 17.2 Å². The Bertz CT molecular complexity index is 1520. The Morgan fingerprint density at radius 2 is 1.85 bits per heavy atom. The summed E-state index contributed by atoms with van der Waals surface area (Å²) in [5, 5.41) is 0.818. The maximum atomic E-state index is 12.5. The number of amides is 1. The molecule has 3 aromatic heterocycles. The van der Waals surface area contributed by atoms with Gasteiger partial charge in [-0.3, -0.25) is 24.0 Å². The van der Waals surface area contributed by atoms with Crippen LogP contribution < -0.4 is 21.9 Å². The van der Waals surface area contributed by atoms with Crippen molar-refractivity contribution in [3.8, 4) is 0 Å². The van der Waals surface area contributed by atoms with Crippen LogP contribution in [0.15, 0.2) is 46.0 Å². The van der Waals surface area contributed by atoms with E-state index in [0.717, 1.165) is 5.56 Å². The SMILES string of the molecule is Cn1c(N(Cc2ccc(Cl)c(Cl)c2)c2cccc(CCC(N)=O)n2)nc2c1c(=O)[nH]c(=O)n2C. The molecule has 0 saturated heterocycles. The fourth-order valence-electron chi connectivity index (χ4n) is 3.62. The average Bonchev–Trinajstić information content (AvgIpc) is 3.14. The molecule has 0 aliphatic rings. The Balaban J connectivity index is 1.88. The van der Waals surface area contributed by atoms with Crippen molar-refractivity contribution in [1.82, 2.24) is 24.1 Å². The molecule has 4 rings (SSSR count). The minimum Gasteiger partial charge on any atom is -0.370 e. The van der Waals surface area contributed by atoms with E-state index >= 15 is 0 Å². The van der Waals surface area contributed by atoms with E-state index in [4.69, 9.17) is 28.9 Å². The summed E-state index contributed by atoms with van der Waals surface area (Å²) in [6.07, 6.45) is 0.535. The van der Waals surface area contributed by atoms with Gasteiger partial charge in [-0.25, -0.2) is 9.78 Å². The molecule has 0 bridgehead atoms. The molecule has 0 aliphatic heterocycles. The lowest BCUT2D eigenvalue weighted by Gasteiger charge is -2.23. The Morgan fingerprint density at radius 3 is 2.56 bits per heavy atom. The summed E-state index contributed by atoms with van der Waals surface area (Å²) in [5.74, 6) is 0.482. The second-order valence-electron chi connectivity index (χ2n) is 7.75. The number of nitrogens with one attached hydrogen (secondary N) is 1.